The van der Waals surface area contributed by atoms with Gasteiger partial charge in [0.15, 0.2) is 0 Å². The first-order chi connectivity index (χ1) is 8.24. The third-order valence-corrected chi connectivity index (χ3v) is 3.60. The maximum absolute atomic E-state index is 5.80. The molecule has 1 aromatic rings. The van der Waals surface area contributed by atoms with Gasteiger partial charge in [-0.05, 0) is 32.4 Å². The van der Waals surface area contributed by atoms with Gasteiger partial charge in [-0.2, -0.15) is 0 Å². The van der Waals surface area contributed by atoms with Gasteiger partial charge in [-0.3, -0.25) is 0 Å². The van der Waals surface area contributed by atoms with Gasteiger partial charge in [0.25, 0.3) is 0 Å². The Bertz CT molecular complexity index is 409. The number of hydrogen-bond acceptors (Lipinski definition) is 3. The van der Waals surface area contributed by atoms with Crippen LogP contribution < -0.4 is 10.2 Å². The van der Waals surface area contributed by atoms with Crippen molar-refractivity contribution >= 4 is 11.4 Å². The van der Waals surface area contributed by atoms with E-state index in [0.29, 0.717) is 12.2 Å². The van der Waals surface area contributed by atoms with Crippen molar-refractivity contribution in [2.45, 2.75) is 32.5 Å². The van der Waals surface area contributed by atoms with Crippen molar-refractivity contribution in [3.63, 3.8) is 0 Å². The highest BCUT2D eigenvalue weighted by molar-refractivity contribution is 5.69. The Kier molecular flexibility index (Phi) is 2.71. The largest absolute Gasteiger partial charge is 0.384 e. The molecular formula is C14H20N2O. The van der Waals surface area contributed by atoms with Gasteiger partial charge in [0.05, 0.1) is 12.2 Å². The summed E-state index contributed by atoms with van der Waals surface area (Å²) in [6.07, 6.45) is 1.79. The Labute approximate surface area is 103 Å². The minimum Gasteiger partial charge on any atom is -0.384 e. The molecule has 2 aliphatic rings. The molecule has 3 rings (SSSR count). The van der Waals surface area contributed by atoms with Gasteiger partial charge in [0.1, 0.15) is 0 Å². The van der Waals surface area contributed by atoms with Crippen LogP contribution in [0.2, 0.25) is 0 Å². The van der Waals surface area contributed by atoms with E-state index in [4.69, 9.17) is 4.74 Å². The molecule has 2 unspecified atom stereocenters. The highest BCUT2D eigenvalue weighted by Crippen LogP contribution is 2.33. The normalized spacial score (nSPS) is 27.8. The molecule has 0 amide bonds. The smallest absolute Gasteiger partial charge is 0.0726 e. The lowest BCUT2D eigenvalue weighted by atomic mass is 10.1. The molecule has 0 saturated carbocycles. The topological polar surface area (TPSA) is 24.5 Å². The highest BCUT2D eigenvalue weighted by atomic mass is 16.5. The van der Waals surface area contributed by atoms with Crippen LogP contribution in [-0.2, 0) is 11.2 Å². The summed E-state index contributed by atoms with van der Waals surface area (Å²) in [5.41, 5.74) is 4.19. The Morgan fingerprint density at radius 3 is 2.76 bits per heavy atom. The molecule has 1 saturated heterocycles. The Morgan fingerprint density at radius 1 is 1.24 bits per heavy atom. The second-order valence-corrected chi connectivity index (χ2v) is 5.14. The first-order valence-corrected chi connectivity index (χ1v) is 6.50. The second-order valence-electron chi connectivity index (χ2n) is 5.14. The van der Waals surface area contributed by atoms with E-state index in [9.17, 15) is 0 Å². The number of nitrogens with zero attached hydrogens (tertiary/aromatic N) is 1. The van der Waals surface area contributed by atoms with E-state index in [1.54, 1.807) is 0 Å². The molecule has 1 aromatic carbocycles. The van der Waals surface area contributed by atoms with Gasteiger partial charge in [-0.25, -0.2) is 0 Å². The summed E-state index contributed by atoms with van der Waals surface area (Å²) in [7, 11) is 0. The van der Waals surface area contributed by atoms with E-state index < -0.39 is 0 Å². The quantitative estimate of drug-likeness (QED) is 0.804. The molecule has 1 N–H and O–H groups in total. The molecule has 3 nitrogen and oxygen atoms in total. The van der Waals surface area contributed by atoms with Crippen LogP contribution in [0, 0.1) is 0 Å². The average molecular weight is 232 g/mol. The molecule has 1 fully saturated rings. The van der Waals surface area contributed by atoms with Crippen LogP contribution in [0.4, 0.5) is 11.4 Å². The molecular weight excluding hydrogens is 212 g/mol. The predicted molar refractivity (Wildman–Crippen MR) is 70.9 cm³/mol. The third kappa shape index (κ3) is 2.00. The van der Waals surface area contributed by atoms with E-state index >= 15 is 0 Å². The predicted octanol–water partition coefficient (Wildman–Crippen LogP) is 2.27. The number of morpholine rings is 1. The molecule has 2 atom stereocenters. The van der Waals surface area contributed by atoms with E-state index in [0.717, 1.165) is 26.1 Å². The molecule has 0 radical (unpaired) electrons. The molecule has 92 valence electrons. The lowest BCUT2D eigenvalue weighted by molar-refractivity contribution is -0.00525. The number of ether oxygens (including phenoxy) is 1. The van der Waals surface area contributed by atoms with Gasteiger partial charge in [0.2, 0.25) is 0 Å². The van der Waals surface area contributed by atoms with E-state index in [1.807, 2.05) is 0 Å². The second kappa shape index (κ2) is 4.22. The van der Waals surface area contributed by atoms with Crippen molar-refractivity contribution in [3.05, 3.63) is 23.8 Å². The van der Waals surface area contributed by atoms with Gasteiger partial charge >= 0.3 is 0 Å². The van der Waals surface area contributed by atoms with Crippen molar-refractivity contribution in [2.24, 2.45) is 0 Å². The van der Waals surface area contributed by atoms with Crippen molar-refractivity contribution in [1.82, 2.24) is 0 Å². The minimum absolute atomic E-state index is 0.323. The van der Waals surface area contributed by atoms with Crippen LogP contribution >= 0.6 is 0 Å². The Balaban J connectivity index is 1.91. The van der Waals surface area contributed by atoms with Crippen LogP contribution in [0.15, 0.2) is 18.2 Å². The molecule has 0 aromatic heterocycles. The lowest BCUT2D eigenvalue weighted by Gasteiger charge is -2.37. The number of rotatable bonds is 1. The standard InChI is InChI=1S/C14H20N2O/c1-10-8-16(9-11(2)17-10)14-5-3-4-13-12(14)6-7-15-13/h3-5,10-11,15H,6-9H2,1-2H3. The van der Waals surface area contributed by atoms with E-state index in [2.05, 4.69) is 42.3 Å². The van der Waals surface area contributed by atoms with Crippen molar-refractivity contribution < 1.29 is 4.74 Å². The molecule has 3 heteroatoms. The summed E-state index contributed by atoms with van der Waals surface area (Å²) < 4.78 is 5.80. The van der Waals surface area contributed by atoms with E-state index in [1.165, 1.54) is 16.9 Å². The Hall–Kier alpha value is -1.22. The van der Waals surface area contributed by atoms with Gasteiger partial charge in [0, 0.05) is 36.6 Å². The third-order valence-electron chi connectivity index (χ3n) is 3.60. The fourth-order valence-corrected chi connectivity index (χ4v) is 3.00. The van der Waals surface area contributed by atoms with Crippen molar-refractivity contribution in [1.29, 1.82) is 0 Å². The summed E-state index contributed by atoms with van der Waals surface area (Å²) in [4.78, 5) is 2.48. The number of anilines is 2. The molecule has 2 heterocycles. The average Bonchev–Trinajstić information content (AvgIpc) is 2.75. The summed E-state index contributed by atoms with van der Waals surface area (Å²) >= 11 is 0. The zero-order valence-corrected chi connectivity index (χ0v) is 10.6. The number of fused-ring (bicyclic) bond motifs is 1. The maximum Gasteiger partial charge on any atom is 0.0726 e. The van der Waals surface area contributed by atoms with Crippen LogP contribution in [0.25, 0.3) is 0 Å². The molecule has 0 aliphatic carbocycles. The van der Waals surface area contributed by atoms with Crippen LogP contribution in [-0.4, -0.2) is 31.8 Å². The first kappa shape index (κ1) is 10.9. The number of benzene rings is 1. The van der Waals surface area contributed by atoms with Crippen LogP contribution in [0.1, 0.15) is 19.4 Å². The molecule has 0 spiro atoms. The number of hydrogen-bond donors (Lipinski definition) is 1. The molecule has 0 bridgehead atoms. The lowest BCUT2D eigenvalue weighted by Crippen LogP contribution is -2.45. The fourth-order valence-electron chi connectivity index (χ4n) is 3.00. The van der Waals surface area contributed by atoms with Gasteiger partial charge < -0.3 is 15.0 Å². The fraction of sp³-hybridized carbons (Fsp3) is 0.571. The monoisotopic (exact) mass is 232 g/mol. The molecule has 17 heavy (non-hydrogen) atoms. The van der Waals surface area contributed by atoms with Crippen molar-refractivity contribution in [3.8, 4) is 0 Å². The zero-order chi connectivity index (χ0) is 11.8. The maximum atomic E-state index is 5.80. The summed E-state index contributed by atoms with van der Waals surface area (Å²) in [6, 6.07) is 6.58. The van der Waals surface area contributed by atoms with Crippen LogP contribution in [0.3, 0.4) is 0 Å². The van der Waals surface area contributed by atoms with Crippen molar-refractivity contribution in [2.75, 3.05) is 29.9 Å². The van der Waals surface area contributed by atoms with Gasteiger partial charge in [-0.15, -0.1) is 0 Å². The summed E-state index contributed by atoms with van der Waals surface area (Å²) in [5.74, 6) is 0. The van der Waals surface area contributed by atoms with Gasteiger partial charge in [-0.1, -0.05) is 6.07 Å². The summed E-state index contributed by atoms with van der Waals surface area (Å²) in [6.45, 7) is 7.39. The Morgan fingerprint density at radius 2 is 2.00 bits per heavy atom. The minimum atomic E-state index is 0.323. The number of nitrogens with one attached hydrogen (secondary N) is 1. The molecule has 2 aliphatic heterocycles. The highest BCUT2D eigenvalue weighted by Gasteiger charge is 2.25. The van der Waals surface area contributed by atoms with E-state index in [-0.39, 0.29) is 0 Å². The zero-order valence-electron chi connectivity index (χ0n) is 10.6. The SMILES string of the molecule is CC1CN(c2cccc3c2CCN3)CC(C)O1. The first-order valence-electron chi connectivity index (χ1n) is 6.50. The van der Waals surface area contributed by atoms with Crippen LogP contribution in [0.5, 0.6) is 0 Å². The summed E-state index contributed by atoms with van der Waals surface area (Å²) in [5, 5.41) is 3.44.